The zero-order valence-corrected chi connectivity index (χ0v) is 10.5. The van der Waals surface area contributed by atoms with Gasteiger partial charge in [-0.05, 0) is 37.0 Å². The maximum Gasteiger partial charge on any atom is 0.123 e. The zero-order valence-electron chi connectivity index (χ0n) is 8.88. The summed E-state index contributed by atoms with van der Waals surface area (Å²) in [6, 6.07) is 6.75. The van der Waals surface area contributed by atoms with Crippen LogP contribution in [-0.4, -0.2) is 18.5 Å². The maximum absolute atomic E-state index is 12.9. The Hall–Kier alpha value is -0.410. The van der Waals surface area contributed by atoms with Crippen LogP contribution in [0.3, 0.4) is 0 Å². The van der Waals surface area contributed by atoms with Crippen molar-refractivity contribution in [3.63, 3.8) is 0 Å². The van der Waals surface area contributed by atoms with Crippen molar-refractivity contribution in [2.75, 3.05) is 18.5 Å². The third-order valence-corrected chi connectivity index (χ3v) is 3.10. The molecule has 1 atom stereocenters. The zero-order chi connectivity index (χ0) is 11.1. The van der Waals surface area contributed by atoms with Crippen LogP contribution >= 0.6 is 15.9 Å². The Kier molecular flexibility index (Phi) is 5.88. The number of hydrogen-bond acceptors (Lipinski definition) is 1. The maximum atomic E-state index is 12.9. The third kappa shape index (κ3) is 4.76. The SMILES string of the molecule is CCOCC(CBr)Cc1cccc(F)c1. The third-order valence-electron chi connectivity index (χ3n) is 2.19. The van der Waals surface area contributed by atoms with Gasteiger partial charge in [0.1, 0.15) is 5.82 Å². The van der Waals surface area contributed by atoms with Crippen LogP contribution in [0.25, 0.3) is 0 Å². The minimum absolute atomic E-state index is 0.169. The smallest absolute Gasteiger partial charge is 0.123 e. The van der Waals surface area contributed by atoms with Crippen LogP contribution in [0.1, 0.15) is 12.5 Å². The van der Waals surface area contributed by atoms with E-state index in [9.17, 15) is 4.39 Å². The normalized spacial score (nSPS) is 12.7. The van der Waals surface area contributed by atoms with Crippen LogP contribution in [0.15, 0.2) is 24.3 Å². The van der Waals surface area contributed by atoms with Crippen LogP contribution in [0.5, 0.6) is 0 Å². The van der Waals surface area contributed by atoms with E-state index in [1.807, 2.05) is 13.0 Å². The molecule has 15 heavy (non-hydrogen) atoms. The van der Waals surface area contributed by atoms with E-state index < -0.39 is 0 Å². The molecular weight excluding hydrogens is 259 g/mol. The largest absolute Gasteiger partial charge is 0.381 e. The number of rotatable bonds is 6. The highest BCUT2D eigenvalue weighted by molar-refractivity contribution is 9.09. The lowest BCUT2D eigenvalue weighted by molar-refractivity contribution is 0.118. The summed E-state index contributed by atoms with van der Waals surface area (Å²) in [5, 5.41) is 0.878. The van der Waals surface area contributed by atoms with Gasteiger partial charge in [-0.2, -0.15) is 0 Å². The molecule has 0 heterocycles. The van der Waals surface area contributed by atoms with E-state index in [-0.39, 0.29) is 5.82 Å². The van der Waals surface area contributed by atoms with Gasteiger partial charge in [0, 0.05) is 11.9 Å². The minimum atomic E-state index is -0.169. The van der Waals surface area contributed by atoms with Crippen molar-refractivity contribution < 1.29 is 9.13 Å². The van der Waals surface area contributed by atoms with Crippen LogP contribution in [0, 0.1) is 11.7 Å². The molecule has 1 aromatic rings. The van der Waals surface area contributed by atoms with Crippen LogP contribution in [0.4, 0.5) is 4.39 Å². The summed E-state index contributed by atoms with van der Waals surface area (Å²) in [5.74, 6) is 0.240. The first-order valence-corrected chi connectivity index (χ1v) is 6.26. The van der Waals surface area contributed by atoms with Gasteiger partial charge in [0.15, 0.2) is 0 Å². The van der Waals surface area contributed by atoms with Gasteiger partial charge in [-0.1, -0.05) is 28.1 Å². The van der Waals surface area contributed by atoms with Gasteiger partial charge in [-0.15, -0.1) is 0 Å². The van der Waals surface area contributed by atoms with Crippen molar-refractivity contribution in [2.24, 2.45) is 5.92 Å². The Balaban J connectivity index is 2.50. The predicted octanol–water partition coefficient (Wildman–Crippen LogP) is 3.42. The molecule has 0 saturated heterocycles. The molecule has 0 aromatic heterocycles. The second-order valence-corrected chi connectivity index (χ2v) is 4.16. The lowest BCUT2D eigenvalue weighted by Gasteiger charge is -2.13. The van der Waals surface area contributed by atoms with Gasteiger partial charge in [0.05, 0.1) is 6.61 Å². The summed E-state index contributed by atoms with van der Waals surface area (Å²) in [6.07, 6.45) is 0.850. The fourth-order valence-corrected chi connectivity index (χ4v) is 1.86. The molecule has 0 radical (unpaired) electrons. The average molecular weight is 275 g/mol. The van der Waals surface area contributed by atoms with Gasteiger partial charge < -0.3 is 4.74 Å². The van der Waals surface area contributed by atoms with Crippen molar-refractivity contribution in [2.45, 2.75) is 13.3 Å². The summed E-state index contributed by atoms with van der Waals surface area (Å²) in [5.41, 5.74) is 1.03. The summed E-state index contributed by atoms with van der Waals surface area (Å²) in [6.45, 7) is 3.43. The lowest BCUT2D eigenvalue weighted by atomic mass is 10.0. The molecule has 0 amide bonds. The topological polar surface area (TPSA) is 9.23 Å². The van der Waals surface area contributed by atoms with Crippen molar-refractivity contribution in [3.8, 4) is 0 Å². The Morgan fingerprint density at radius 1 is 1.47 bits per heavy atom. The molecule has 0 bridgehead atoms. The fourth-order valence-electron chi connectivity index (χ4n) is 1.44. The van der Waals surface area contributed by atoms with Crippen LogP contribution in [0.2, 0.25) is 0 Å². The van der Waals surface area contributed by atoms with E-state index in [2.05, 4.69) is 15.9 Å². The second kappa shape index (κ2) is 6.96. The first-order chi connectivity index (χ1) is 7.26. The van der Waals surface area contributed by atoms with Gasteiger partial charge >= 0.3 is 0 Å². The fraction of sp³-hybridized carbons (Fsp3) is 0.500. The number of benzene rings is 1. The molecule has 1 nitrogen and oxygen atoms in total. The number of halogens is 2. The molecule has 0 aliphatic rings. The van der Waals surface area contributed by atoms with E-state index >= 15 is 0 Å². The Bertz CT molecular complexity index is 291. The predicted molar refractivity (Wildman–Crippen MR) is 63.9 cm³/mol. The van der Waals surface area contributed by atoms with Gasteiger partial charge in [0.25, 0.3) is 0 Å². The Morgan fingerprint density at radius 2 is 2.27 bits per heavy atom. The number of alkyl halides is 1. The van der Waals surface area contributed by atoms with E-state index in [1.165, 1.54) is 6.07 Å². The Labute approximate surface area is 98.8 Å². The lowest BCUT2D eigenvalue weighted by Crippen LogP contribution is -2.14. The number of ether oxygens (including phenoxy) is 1. The summed E-state index contributed by atoms with van der Waals surface area (Å²) >= 11 is 3.45. The van der Waals surface area contributed by atoms with Gasteiger partial charge in [-0.25, -0.2) is 4.39 Å². The van der Waals surface area contributed by atoms with Crippen LogP contribution < -0.4 is 0 Å². The van der Waals surface area contributed by atoms with E-state index in [1.54, 1.807) is 12.1 Å². The molecule has 0 aliphatic heterocycles. The highest BCUT2D eigenvalue weighted by Gasteiger charge is 2.08. The van der Waals surface area contributed by atoms with Gasteiger partial charge in [0.2, 0.25) is 0 Å². The standard InChI is InChI=1S/C12H16BrFO/c1-2-15-9-11(8-13)6-10-4-3-5-12(14)7-10/h3-5,7,11H,2,6,8-9H2,1H3. The second-order valence-electron chi connectivity index (χ2n) is 3.51. The highest BCUT2D eigenvalue weighted by atomic mass is 79.9. The van der Waals surface area contributed by atoms with E-state index in [4.69, 9.17) is 4.74 Å². The highest BCUT2D eigenvalue weighted by Crippen LogP contribution is 2.13. The Morgan fingerprint density at radius 3 is 2.87 bits per heavy atom. The van der Waals surface area contributed by atoms with Crippen LogP contribution in [-0.2, 0) is 11.2 Å². The molecule has 0 fully saturated rings. The monoisotopic (exact) mass is 274 g/mol. The molecule has 0 saturated carbocycles. The van der Waals surface area contributed by atoms with Crippen molar-refractivity contribution in [1.29, 1.82) is 0 Å². The summed E-state index contributed by atoms with van der Waals surface area (Å²) < 4.78 is 18.3. The molecule has 1 rings (SSSR count). The molecule has 0 aliphatic carbocycles. The minimum Gasteiger partial charge on any atom is -0.381 e. The van der Waals surface area contributed by atoms with Gasteiger partial charge in [-0.3, -0.25) is 0 Å². The molecule has 1 unspecified atom stereocenters. The summed E-state index contributed by atoms with van der Waals surface area (Å²) in [4.78, 5) is 0. The van der Waals surface area contributed by atoms with Crippen molar-refractivity contribution in [3.05, 3.63) is 35.6 Å². The first kappa shape index (κ1) is 12.7. The molecule has 84 valence electrons. The number of hydrogen-bond donors (Lipinski definition) is 0. The molecule has 0 spiro atoms. The first-order valence-electron chi connectivity index (χ1n) is 5.14. The van der Waals surface area contributed by atoms with Crippen molar-refractivity contribution >= 4 is 15.9 Å². The van der Waals surface area contributed by atoms with E-state index in [0.717, 1.165) is 30.5 Å². The quantitative estimate of drug-likeness (QED) is 0.723. The van der Waals surface area contributed by atoms with E-state index in [0.29, 0.717) is 5.92 Å². The molecule has 3 heteroatoms. The molecule has 1 aromatic carbocycles. The molecule has 0 N–H and O–H groups in total. The van der Waals surface area contributed by atoms with Crippen molar-refractivity contribution in [1.82, 2.24) is 0 Å². The average Bonchev–Trinajstić information content (AvgIpc) is 2.24. The molecular formula is C12H16BrFO. The summed E-state index contributed by atoms with van der Waals surface area (Å²) in [7, 11) is 0.